The van der Waals surface area contributed by atoms with Crippen LogP contribution in [-0.2, 0) is 19.3 Å². The summed E-state index contributed by atoms with van der Waals surface area (Å²) < 4.78 is 0. The summed E-state index contributed by atoms with van der Waals surface area (Å²) in [4.78, 5) is 2.72. The molecule has 0 spiro atoms. The summed E-state index contributed by atoms with van der Waals surface area (Å²) in [7, 11) is 0. The maximum atomic E-state index is 2.72. The molecule has 0 aliphatic carbocycles. The van der Waals surface area contributed by atoms with E-state index in [0.29, 0.717) is 5.92 Å². The Morgan fingerprint density at radius 2 is 1.56 bits per heavy atom. The molecule has 1 unspecified atom stereocenters. The standard InChI is InChI=1S/C26H37N/c1-7-22-10-9-11-23(8-2)25(22)27-18-21(17-26(27,5)6)16-20-12-14-24(15-13-20)19(3)4/h9-15,19,21H,7-8,16-18H2,1-6H3. The highest BCUT2D eigenvalue weighted by Crippen LogP contribution is 2.41. The average molecular weight is 364 g/mol. The molecular formula is C26H37N. The minimum absolute atomic E-state index is 0.220. The van der Waals surface area contributed by atoms with E-state index in [9.17, 15) is 0 Å². The van der Waals surface area contributed by atoms with Gasteiger partial charge >= 0.3 is 0 Å². The quantitative estimate of drug-likeness (QED) is 0.546. The van der Waals surface area contributed by atoms with Crippen molar-refractivity contribution in [2.75, 3.05) is 11.4 Å². The van der Waals surface area contributed by atoms with Crippen LogP contribution in [0.5, 0.6) is 0 Å². The molecule has 1 aliphatic rings. The average Bonchev–Trinajstić information content (AvgIpc) is 2.94. The Hall–Kier alpha value is -1.76. The number of nitrogens with zero attached hydrogens (tertiary/aromatic N) is 1. The smallest absolute Gasteiger partial charge is 0.0435 e. The van der Waals surface area contributed by atoms with Crippen molar-refractivity contribution < 1.29 is 0 Å². The molecule has 0 amide bonds. The third-order valence-electron chi connectivity index (χ3n) is 6.37. The van der Waals surface area contributed by atoms with Gasteiger partial charge in [0.1, 0.15) is 0 Å². The maximum Gasteiger partial charge on any atom is 0.0435 e. The molecule has 2 aromatic rings. The van der Waals surface area contributed by atoms with Crippen molar-refractivity contribution in [1.29, 1.82) is 0 Å². The Bertz CT molecular complexity index is 732. The van der Waals surface area contributed by atoms with Gasteiger partial charge in [-0.2, -0.15) is 0 Å². The molecule has 1 heterocycles. The number of aryl methyl sites for hydroxylation is 2. The lowest BCUT2D eigenvalue weighted by molar-refractivity contribution is 0.470. The van der Waals surface area contributed by atoms with Crippen LogP contribution in [0.3, 0.4) is 0 Å². The molecule has 1 fully saturated rings. The van der Waals surface area contributed by atoms with Crippen LogP contribution in [0.1, 0.15) is 76.1 Å². The molecule has 1 nitrogen and oxygen atoms in total. The second-order valence-corrected chi connectivity index (χ2v) is 9.23. The SMILES string of the molecule is CCc1cccc(CC)c1N1CC(Cc2ccc(C(C)C)cc2)CC1(C)C. The van der Waals surface area contributed by atoms with Gasteiger partial charge in [-0.15, -0.1) is 0 Å². The largest absolute Gasteiger partial charge is 0.366 e. The van der Waals surface area contributed by atoms with Gasteiger partial charge < -0.3 is 4.90 Å². The molecule has 3 rings (SSSR count). The number of benzene rings is 2. The van der Waals surface area contributed by atoms with Crippen molar-refractivity contribution in [3.8, 4) is 0 Å². The number of anilines is 1. The molecule has 0 aromatic heterocycles. The molecule has 1 aliphatic heterocycles. The van der Waals surface area contributed by atoms with Gasteiger partial charge in [0, 0.05) is 17.8 Å². The van der Waals surface area contributed by atoms with Crippen LogP contribution in [0.15, 0.2) is 42.5 Å². The van der Waals surface area contributed by atoms with E-state index in [0.717, 1.165) is 18.8 Å². The van der Waals surface area contributed by atoms with E-state index in [4.69, 9.17) is 0 Å². The minimum atomic E-state index is 0.220. The van der Waals surface area contributed by atoms with Gasteiger partial charge in [-0.05, 0) is 73.6 Å². The molecule has 1 heteroatoms. The van der Waals surface area contributed by atoms with Crippen LogP contribution in [0.2, 0.25) is 0 Å². The molecule has 1 saturated heterocycles. The Kier molecular flexibility index (Phi) is 5.99. The molecule has 2 aromatic carbocycles. The van der Waals surface area contributed by atoms with E-state index in [2.05, 4.69) is 88.9 Å². The van der Waals surface area contributed by atoms with E-state index in [1.165, 1.54) is 47.3 Å². The van der Waals surface area contributed by atoms with E-state index in [-0.39, 0.29) is 5.54 Å². The predicted molar refractivity (Wildman–Crippen MR) is 119 cm³/mol. The normalized spacial score (nSPS) is 19.1. The summed E-state index contributed by atoms with van der Waals surface area (Å²) in [5, 5.41) is 0. The topological polar surface area (TPSA) is 3.24 Å². The van der Waals surface area contributed by atoms with Gasteiger partial charge in [0.2, 0.25) is 0 Å². The summed E-state index contributed by atoms with van der Waals surface area (Å²) in [6.07, 6.45) is 4.67. The fourth-order valence-electron chi connectivity index (χ4n) is 4.85. The summed E-state index contributed by atoms with van der Waals surface area (Å²) in [5.41, 5.74) is 7.68. The zero-order valence-corrected chi connectivity index (χ0v) is 18.2. The van der Waals surface area contributed by atoms with Gasteiger partial charge in [0.25, 0.3) is 0 Å². The highest BCUT2D eigenvalue weighted by molar-refractivity contribution is 5.62. The Labute approximate surface area is 166 Å². The molecular weight excluding hydrogens is 326 g/mol. The van der Waals surface area contributed by atoms with Crippen LogP contribution >= 0.6 is 0 Å². The van der Waals surface area contributed by atoms with E-state index in [1.54, 1.807) is 0 Å². The summed E-state index contributed by atoms with van der Waals surface area (Å²) in [6.45, 7) is 15.1. The summed E-state index contributed by atoms with van der Waals surface area (Å²) >= 11 is 0. The van der Waals surface area contributed by atoms with Crippen molar-refractivity contribution in [2.24, 2.45) is 5.92 Å². The van der Waals surface area contributed by atoms with E-state index >= 15 is 0 Å². The molecule has 27 heavy (non-hydrogen) atoms. The van der Waals surface area contributed by atoms with Gasteiger partial charge in [0.15, 0.2) is 0 Å². The Balaban J connectivity index is 1.82. The monoisotopic (exact) mass is 363 g/mol. The van der Waals surface area contributed by atoms with Crippen molar-refractivity contribution in [1.82, 2.24) is 0 Å². The second kappa shape index (κ2) is 8.09. The van der Waals surface area contributed by atoms with Crippen molar-refractivity contribution in [3.63, 3.8) is 0 Å². The molecule has 1 atom stereocenters. The Morgan fingerprint density at radius 3 is 2.07 bits per heavy atom. The van der Waals surface area contributed by atoms with Crippen molar-refractivity contribution in [3.05, 3.63) is 64.7 Å². The zero-order chi connectivity index (χ0) is 19.6. The fourth-order valence-corrected chi connectivity index (χ4v) is 4.85. The van der Waals surface area contributed by atoms with Gasteiger partial charge in [0.05, 0.1) is 0 Å². The highest BCUT2D eigenvalue weighted by atomic mass is 15.2. The fraction of sp³-hybridized carbons (Fsp3) is 0.538. The Morgan fingerprint density at radius 1 is 0.963 bits per heavy atom. The van der Waals surface area contributed by atoms with Gasteiger partial charge in [-0.1, -0.05) is 70.2 Å². The molecule has 146 valence electrons. The summed E-state index contributed by atoms with van der Waals surface area (Å²) in [6, 6.07) is 16.2. The third-order valence-corrected chi connectivity index (χ3v) is 6.37. The predicted octanol–water partition coefficient (Wildman–Crippen LogP) is 6.78. The zero-order valence-electron chi connectivity index (χ0n) is 18.2. The van der Waals surface area contributed by atoms with E-state index in [1.807, 2.05) is 0 Å². The van der Waals surface area contributed by atoms with Gasteiger partial charge in [-0.3, -0.25) is 0 Å². The molecule has 0 radical (unpaired) electrons. The lowest BCUT2D eigenvalue weighted by Gasteiger charge is -2.36. The number of hydrogen-bond donors (Lipinski definition) is 0. The van der Waals surface area contributed by atoms with Gasteiger partial charge in [-0.25, -0.2) is 0 Å². The number of hydrogen-bond acceptors (Lipinski definition) is 1. The van der Waals surface area contributed by atoms with Crippen molar-refractivity contribution >= 4 is 5.69 Å². The van der Waals surface area contributed by atoms with Crippen LogP contribution in [0.4, 0.5) is 5.69 Å². The molecule has 0 N–H and O–H groups in total. The van der Waals surface area contributed by atoms with E-state index < -0.39 is 0 Å². The van der Waals surface area contributed by atoms with Crippen LogP contribution < -0.4 is 4.90 Å². The minimum Gasteiger partial charge on any atom is -0.366 e. The lowest BCUT2D eigenvalue weighted by atomic mass is 9.90. The highest BCUT2D eigenvalue weighted by Gasteiger charge is 2.39. The van der Waals surface area contributed by atoms with Crippen molar-refractivity contribution in [2.45, 2.75) is 78.7 Å². The second-order valence-electron chi connectivity index (χ2n) is 9.23. The van der Waals surface area contributed by atoms with Crippen LogP contribution in [0, 0.1) is 5.92 Å². The first-order valence-electron chi connectivity index (χ1n) is 10.8. The number of para-hydroxylation sites is 1. The molecule has 0 bridgehead atoms. The first-order chi connectivity index (χ1) is 12.9. The number of rotatable bonds is 6. The van der Waals surface area contributed by atoms with Crippen LogP contribution in [-0.4, -0.2) is 12.1 Å². The van der Waals surface area contributed by atoms with Crippen LogP contribution in [0.25, 0.3) is 0 Å². The first kappa shape index (κ1) is 20.0. The lowest BCUT2D eigenvalue weighted by Crippen LogP contribution is -2.39. The molecule has 0 saturated carbocycles. The first-order valence-corrected chi connectivity index (χ1v) is 10.8. The third kappa shape index (κ3) is 4.23. The maximum absolute atomic E-state index is 2.72. The summed E-state index contributed by atoms with van der Waals surface area (Å²) in [5.74, 6) is 1.33.